The number of benzene rings is 6. The number of aromatic carboxylic acids is 1. The van der Waals surface area contributed by atoms with Gasteiger partial charge >= 0.3 is 41.6 Å². The van der Waals surface area contributed by atoms with Crippen LogP contribution in [-0.4, -0.2) is 144 Å². The van der Waals surface area contributed by atoms with E-state index < -0.39 is 169 Å². The number of pyridine rings is 1. The number of nitrogen functional groups attached to an aromatic ring is 2. The van der Waals surface area contributed by atoms with Gasteiger partial charge < -0.3 is 54.5 Å². The van der Waals surface area contributed by atoms with Crippen LogP contribution in [0.1, 0.15) is 91.3 Å². The fourth-order valence-electron chi connectivity index (χ4n) is 16.3. The van der Waals surface area contributed by atoms with Gasteiger partial charge in [-0.1, -0.05) is 30.3 Å². The summed E-state index contributed by atoms with van der Waals surface area (Å²) in [5, 5.41) is 21.9. The first-order valence-electron chi connectivity index (χ1n) is 40.6. The van der Waals surface area contributed by atoms with Gasteiger partial charge in [0.15, 0.2) is 5.69 Å². The van der Waals surface area contributed by atoms with Gasteiger partial charge in [0.05, 0.1) is 127 Å². The second-order valence-electron chi connectivity index (χ2n) is 31.7. The standard InChI is InChI=1S/C25H19F3N4O6S2.C23H17F3N6O5S2.C22H15F3N4O5S3.C19H15N3O4/c1-38-15-5-3-4-13(8-15)10-31-19-7-6-14(25(26,27)28)9-16(19)20(21(31)22(33)30-40(2,36)37)32-23(34)17-11-39-12-18(17)29-24(32)35;1-39(36,37)30-20(33)19-18(32-21(34)14-9-38-10-15(14)29-22(32)35)13-7-12(23(24,25)26)2-3-16(13)31(19)8-11-4-5-28-17(27)6-11;1-37(33,34)27-19(30)18-17(29-20(31)14-9-36-10-15(14)26-21(29)32)13-6-12(22(23,24)25)2-3-16(13)28(18)7-11-4-5-35-8-11;1-21-14-7-6-11(20)9-13(14)16(17(21)19(25)26)22-15(23)8-10-4-2-3-5-12(10)18(22)24/h3-9,11-12H,10H2,1-2H3,(H,29,35)(H,30,33);2-7,9-10H,8H2,1H3,(H2,27,28)(H,29,35)(H,30,33);2-6,8-10H,7H2,1H3,(H,26,32)(H,27,30);2-7,9H,8,20H2,1H3,(H,25,26). The lowest BCUT2D eigenvalue weighted by Crippen LogP contribution is -2.43. The third-order valence-electron chi connectivity index (χ3n) is 22.1. The van der Waals surface area contributed by atoms with E-state index in [9.17, 15) is 127 Å². The lowest BCUT2D eigenvalue weighted by Gasteiger charge is -2.27. The Kier molecular flexibility index (Phi) is 25.9. The molecular weight excluding hydrogens is 2020 g/mol. The lowest BCUT2D eigenvalue weighted by atomic mass is 9.97. The maximum atomic E-state index is 13.8. The summed E-state index contributed by atoms with van der Waals surface area (Å²) in [6.45, 7) is -0.404. The normalized spacial score (nSPS) is 12.6. The fraction of sp³-hybridized carbons (Fsp3) is 0.135. The van der Waals surface area contributed by atoms with E-state index in [0.29, 0.717) is 82.2 Å². The van der Waals surface area contributed by atoms with Gasteiger partial charge in [0.25, 0.3) is 40.3 Å². The van der Waals surface area contributed by atoms with Gasteiger partial charge in [-0.05, 0) is 142 Å². The van der Waals surface area contributed by atoms with Crippen LogP contribution in [0.3, 0.4) is 0 Å². The summed E-state index contributed by atoms with van der Waals surface area (Å²) in [6.07, 6.45) is -10.8. The SMILES string of the molecule is COc1cccc(Cn2c(C(=O)NS(C)(=O)=O)c(-n3c(=O)[nH]c4cscc4c3=O)c3cc(C(F)(F)F)ccc32)c1.CS(=O)(=O)NC(=O)c1c(-n2c(=O)[nH]c3cscc3c2=O)c2cc(C(F)(F)F)ccc2n1Cc1ccnc(N)c1.CS(=O)(=O)NC(=O)c1c(-n2c(=O)[nH]c3cscc3c2=O)c2cc(C(F)(F)F)ccc2n1Cc1ccsc1.Cn1c(C(=O)O)c(N2C(=O)Cc3ccccc3C2=O)c2cc(N)ccc21. The lowest BCUT2D eigenvalue weighted by molar-refractivity contribution is -0.138. The minimum absolute atomic E-state index is 0.0174. The summed E-state index contributed by atoms with van der Waals surface area (Å²) in [4.78, 5) is 170. The molecule has 1 aliphatic rings. The molecule has 53 heteroatoms. The number of amides is 5. The number of anilines is 3. The summed E-state index contributed by atoms with van der Waals surface area (Å²) in [7, 11) is -9.46. The molecule has 6 aromatic carbocycles. The quantitative estimate of drug-likeness (QED) is 0.0219. The number of aromatic amines is 3. The van der Waals surface area contributed by atoms with E-state index in [1.54, 1.807) is 95.3 Å². The van der Waals surface area contributed by atoms with E-state index in [1.807, 2.05) is 9.44 Å². The predicted octanol–water partition coefficient (Wildman–Crippen LogP) is 11.6. The first kappa shape index (κ1) is 98.9. The van der Waals surface area contributed by atoms with Gasteiger partial charge in [-0.15, -0.1) is 34.0 Å². The Hall–Kier alpha value is -16.1. The molecule has 0 unspecified atom stereocenters. The molecule has 5 amide bonds. The number of thiophene rings is 4. The Morgan fingerprint density at radius 2 is 0.852 bits per heavy atom. The van der Waals surface area contributed by atoms with E-state index in [2.05, 4.69) is 19.9 Å². The van der Waals surface area contributed by atoms with Gasteiger partial charge in [-0.25, -0.2) is 82.2 Å². The number of halogens is 9. The molecule has 18 aromatic rings. The number of alkyl halides is 9. The summed E-state index contributed by atoms with van der Waals surface area (Å²) in [5.41, 5.74) is 3.96. The number of imide groups is 1. The van der Waals surface area contributed by atoms with Crippen LogP contribution >= 0.6 is 45.3 Å². The smallest absolute Gasteiger partial charge is 0.416 e. The van der Waals surface area contributed by atoms with Crippen molar-refractivity contribution in [1.29, 1.82) is 0 Å². The number of rotatable bonds is 18. The zero-order valence-electron chi connectivity index (χ0n) is 72.9. The number of aromatic nitrogens is 11. The molecule has 0 radical (unpaired) electrons. The van der Waals surface area contributed by atoms with Crippen molar-refractivity contribution in [1.82, 2.24) is 66.1 Å². The number of carboxylic acids is 1. The Balaban J connectivity index is 0.000000138. The number of nitrogens with two attached hydrogens (primary N) is 2. The van der Waals surface area contributed by atoms with Crippen molar-refractivity contribution in [2.24, 2.45) is 7.05 Å². The minimum atomic E-state index is -4.81. The van der Waals surface area contributed by atoms with Crippen LogP contribution in [0, 0.1) is 0 Å². The van der Waals surface area contributed by atoms with Crippen LogP contribution in [-0.2, 0) is 86.5 Å². The summed E-state index contributed by atoms with van der Waals surface area (Å²) in [6, 6.07) is 30.8. The monoisotopic (exact) mass is 2090 g/mol. The number of methoxy groups -OCH3 is 1. The van der Waals surface area contributed by atoms with E-state index in [-0.39, 0.29) is 109 Å². The number of carbonyl (C=O) groups is 6. The van der Waals surface area contributed by atoms with Crippen molar-refractivity contribution < 1.29 is 103 Å². The van der Waals surface area contributed by atoms with Gasteiger partial charge in [-0.3, -0.25) is 38.4 Å². The topological polar surface area (TPSA) is 523 Å². The average molecular weight is 2090 g/mol. The Morgan fingerprint density at radius 1 is 0.451 bits per heavy atom. The molecule has 19 rings (SSSR count). The minimum Gasteiger partial charge on any atom is -0.497 e. The van der Waals surface area contributed by atoms with Crippen LogP contribution in [0.25, 0.3) is 93.4 Å². The summed E-state index contributed by atoms with van der Waals surface area (Å²) < 4.78 is 213. The molecular formula is C89H66F9N17O20S7. The highest BCUT2D eigenvalue weighted by atomic mass is 32.2. The number of hydrogen-bond donors (Lipinski definition) is 9. The van der Waals surface area contributed by atoms with Gasteiger partial charge in [0.1, 0.15) is 28.6 Å². The van der Waals surface area contributed by atoms with Crippen LogP contribution in [0.4, 0.5) is 56.7 Å². The van der Waals surface area contributed by atoms with E-state index in [4.69, 9.17) is 16.2 Å². The van der Waals surface area contributed by atoms with Crippen molar-refractivity contribution in [3.05, 3.63) is 319 Å². The number of nitrogens with one attached hydrogen (secondary N) is 6. The maximum absolute atomic E-state index is 13.8. The highest BCUT2D eigenvalue weighted by Gasteiger charge is 2.42. The predicted molar refractivity (Wildman–Crippen MR) is 512 cm³/mol. The van der Waals surface area contributed by atoms with Gasteiger partial charge in [-0.2, -0.15) is 50.9 Å². The molecule has 1 aliphatic heterocycles. The van der Waals surface area contributed by atoms with Crippen molar-refractivity contribution in [2.75, 3.05) is 42.2 Å². The maximum Gasteiger partial charge on any atom is 0.416 e. The Morgan fingerprint density at radius 3 is 1.24 bits per heavy atom. The zero-order chi connectivity index (χ0) is 103. The van der Waals surface area contributed by atoms with E-state index >= 15 is 0 Å². The number of nitrogens with zero attached hydrogens (tertiary/aromatic N) is 9. The number of H-pyrrole nitrogens is 3. The van der Waals surface area contributed by atoms with Gasteiger partial charge in [0.2, 0.25) is 36.0 Å². The third-order valence-corrected chi connectivity index (χ3v) is 26.7. The largest absolute Gasteiger partial charge is 0.497 e. The van der Waals surface area contributed by atoms with Crippen LogP contribution < -0.4 is 69.0 Å². The molecule has 11 N–H and O–H groups in total. The van der Waals surface area contributed by atoms with Crippen molar-refractivity contribution in [3.8, 4) is 22.8 Å². The fourth-order valence-corrected chi connectivity index (χ4v) is 20.5. The number of carboxylic acid groups (broad SMARTS) is 1. The van der Waals surface area contributed by atoms with Gasteiger partial charge in [0, 0.05) is 98.0 Å². The molecule has 142 heavy (non-hydrogen) atoms. The molecule has 0 fully saturated rings. The Bertz CT molecular complexity index is 9150. The molecule has 0 atom stereocenters. The van der Waals surface area contributed by atoms with E-state index in [1.165, 1.54) is 87.3 Å². The molecule has 0 bridgehead atoms. The van der Waals surface area contributed by atoms with E-state index in [0.717, 1.165) is 93.9 Å². The van der Waals surface area contributed by atoms with Crippen LogP contribution in [0.5, 0.6) is 5.75 Å². The first-order valence-corrected chi connectivity index (χ1v) is 50.0. The number of ether oxygens (including phenoxy) is 1. The molecule has 12 aromatic heterocycles. The number of sulfonamides is 3. The van der Waals surface area contributed by atoms with Crippen LogP contribution in [0.2, 0.25) is 0 Å². The zero-order valence-corrected chi connectivity index (χ0v) is 78.7. The molecule has 13 heterocycles. The molecule has 0 spiro atoms. The third kappa shape index (κ3) is 19.4. The van der Waals surface area contributed by atoms with Crippen LogP contribution in [0.15, 0.2) is 218 Å². The number of fused-ring (bicyclic) bond motifs is 8. The van der Waals surface area contributed by atoms with Crippen molar-refractivity contribution >= 4 is 204 Å². The molecule has 37 nitrogen and oxygen atoms in total. The second kappa shape index (κ2) is 37.2. The van der Waals surface area contributed by atoms with Crippen molar-refractivity contribution in [2.45, 2.75) is 44.6 Å². The number of carbonyl (C=O) groups excluding carboxylic acids is 5. The van der Waals surface area contributed by atoms with Crippen molar-refractivity contribution in [3.63, 3.8) is 0 Å². The molecule has 732 valence electrons. The molecule has 0 aliphatic carbocycles. The molecule has 0 saturated carbocycles. The highest BCUT2D eigenvalue weighted by Crippen LogP contribution is 2.43. The number of hydrogen-bond acceptors (Lipinski definition) is 26. The summed E-state index contributed by atoms with van der Waals surface area (Å²) >= 11 is 4.67. The average Bonchev–Trinajstić information content (AvgIpc) is 1.56. The highest BCUT2D eigenvalue weighted by molar-refractivity contribution is 7.89. The first-order chi connectivity index (χ1) is 66.8. The molecule has 0 saturated heterocycles. The second-order valence-corrected chi connectivity index (χ2v) is 40.0. The Labute approximate surface area is 803 Å². The summed E-state index contributed by atoms with van der Waals surface area (Å²) in [5.74, 6) is -5.39. The number of aryl methyl sites for hydroxylation is 1.